The molecule has 2 aliphatic rings. The van der Waals surface area contributed by atoms with Crippen LogP contribution in [0.25, 0.3) is 0 Å². The topological polar surface area (TPSA) is 43.5 Å². The van der Waals surface area contributed by atoms with E-state index >= 15 is 0 Å². The Morgan fingerprint density at radius 1 is 0.636 bits per heavy atom. The second kappa shape index (κ2) is 11.4. The SMILES string of the molecule is CCc1cc(Cc2cc(CC)c(OCCC3CO3)c(CC)c2)cc(CC)c1OCCC1CO1. The van der Waals surface area contributed by atoms with Crippen molar-refractivity contribution in [2.45, 2.75) is 84.8 Å². The number of hydrogen-bond donors (Lipinski definition) is 0. The number of rotatable bonds is 14. The standard InChI is InChI=1S/C29H40O4/c1-5-22-14-20(15-23(6-2)28(22)30-11-9-26-18-32-26)13-21-16-24(7-3)29(25(8-4)17-21)31-12-10-27-19-33-27/h14-17,26-27H,5-13,18-19H2,1-4H3. The monoisotopic (exact) mass is 452 g/mol. The van der Waals surface area contributed by atoms with E-state index in [0.29, 0.717) is 12.2 Å². The van der Waals surface area contributed by atoms with Gasteiger partial charge in [0.25, 0.3) is 0 Å². The number of benzene rings is 2. The Hall–Kier alpha value is -2.04. The highest BCUT2D eigenvalue weighted by Crippen LogP contribution is 2.32. The van der Waals surface area contributed by atoms with E-state index in [9.17, 15) is 0 Å². The summed E-state index contributed by atoms with van der Waals surface area (Å²) in [7, 11) is 0. The summed E-state index contributed by atoms with van der Waals surface area (Å²) >= 11 is 0. The molecule has 0 aromatic heterocycles. The molecule has 0 amide bonds. The van der Waals surface area contributed by atoms with E-state index in [1.165, 1.54) is 33.4 Å². The first-order valence-electron chi connectivity index (χ1n) is 12.9. The van der Waals surface area contributed by atoms with Gasteiger partial charge in [0.1, 0.15) is 11.5 Å². The molecule has 2 aromatic carbocycles. The molecule has 4 nitrogen and oxygen atoms in total. The molecule has 0 saturated carbocycles. The number of hydrogen-bond acceptors (Lipinski definition) is 4. The van der Waals surface area contributed by atoms with Crippen molar-refractivity contribution in [1.82, 2.24) is 0 Å². The molecule has 0 spiro atoms. The Morgan fingerprint density at radius 2 is 0.970 bits per heavy atom. The van der Waals surface area contributed by atoms with Gasteiger partial charge in [-0.3, -0.25) is 0 Å². The zero-order valence-corrected chi connectivity index (χ0v) is 20.9. The van der Waals surface area contributed by atoms with Gasteiger partial charge in [0.15, 0.2) is 0 Å². The highest BCUT2D eigenvalue weighted by molar-refractivity contribution is 5.49. The van der Waals surface area contributed by atoms with Crippen molar-refractivity contribution in [3.63, 3.8) is 0 Å². The summed E-state index contributed by atoms with van der Waals surface area (Å²) in [6, 6.07) is 9.39. The third-order valence-electron chi connectivity index (χ3n) is 6.71. The molecule has 180 valence electrons. The van der Waals surface area contributed by atoms with Crippen molar-refractivity contribution in [3.8, 4) is 11.5 Å². The van der Waals surface area contributed by atoms with Gasteiger partial charge in [-0.25, -0.2) is 0 Å². The lowest BCUT2D eigenvalue weighted by Gasteiger charge is -2.19. The number of epoxide rings is 2. The first kappa shape index (κ1) is 24.1. The lowest BCUT2D eigenvalue weighted by atomic mass is 9.93. The van der Waals surface area contributed by atoms with Gasteiger partial charge in [0.2, 0.25) is 0 Å². The summed E-state index contributed by atoms with van der Waals surface area (Å²) in [5.41, 5.74) is 7.99. The predicted octanol–water partition coefficient (Wildman–Crippen LogP) is 5.86. The largest absolute Gasteiger partial charge is 0.493 e. The van der Waals surface area contributed by atoms with Crippen LogP contribution in [0.3, 0.4) is 0 Å². The molecule has 2 aliphatic heterocycles. The number of aryl methyl sites for hydroxylation is 4. The Kier molecular flexibility index (Phi) is 8.32. The van der Waals surface area contributed by atoms with E-state index in [0.717, 1.165) is 82.9 Å². The van der Waals surface area contributed by atoms with Gasteiger partial charge in [-0.2, -0.15) is 0 Å². The zero-order valence-electron chi connectivity index (χ0n) is 20.9. The fourth-order valence-corrected chi connectivity index (χ4v) is 4.57. The molecule has 33 heavy (non-hydrogen) atoms. The maximum absolute atomic E-state index is 6.25. The first-order chi connectivity index (χ1) is 16.1. The number of ether oxygens (including phenoxy) is 4. The van der Waals surface area contributed by atoms with Crippen LogP contribution in [0.2, 0.25) is 0 Å². The molecule has 0 radical (unpaired) electrons. The Balaban J connectivity index is 1.52. The molecule has 2 aromatic rings. The molecule has 4 heteroatoms. The minimum Gasteiger partial charge on any atom is -0.493 e. The van der Waals surface area contributed by atoms with Gasteiger partial charge >= 0.3 is 0 Å². The van der Waals surface area contributed by atoms with Gasteiger partial charge in [0.05, 0.1) is 38.6 Å². The van der Waals surface area contributed by atoms with Crippen LogP contribution < -0.4 is 9.47 Å². The Labute approximate surface area is 199 Å². The van der Waals surface area contributed by atoms with Crippen LogP contribution in [0.1, 0.15) is 73.9 Å². The summed E-state index contributed by atoms with van der Waals surface area (Å²) in [6.45, 7) is 12.1. The molecule has 2 atom stereocenters. The zero-order chi connectivity index (χ0) is 23.2. The van der Waals surface area contributed by atoms with Crippen LogP contribution in [-0.2, 0) is 41.6 Å². The smallest absolute Gasteiger partial charge is 0.125 e. The van der Waals surface area contributed by atoms with Gasteiger partial charge < -0.3 is 18.9 Å². The molecule has 0 N–H and O–H groups in total. The molecular formula is C29H40O4. The van der Waals surface area contributed by atoms with Gasteiger partial charge in [-0.15, -0.1) is 0 Å². The molecule has 4 rings (SSSR count). The maximum Gasteiger partial charge on any atom is 0.125 e. The van der Waals surface area contributed by atoms with Crippen LogP contribution >= 0.6 is 0 Å². The molecule has 0 aliphatic carbocycles. The minimum atomic E-state index is 0.411. The predicted molar refractivity (Wildman–Crippen MR) is 133 cm³/mol. The summed E-state index contributed by atoms with van der Waals surface area (Å²) in [5.74, 6) is 2.19. The van der Waals surface area contributed by atoms with Crippen LogP contribution in [0.4, 0.5) is 0 Å². The third kappa shape index (κ3) is 6.51. The molecular weight excluding hydrogens is 412 g/mol. The average molecular weight is 453 g/mol. The quantitative estimate of drug-likeness (QED) is 0.337. The Morgan fingerprint density at radius 3 is 1.24 bits per heavy atom. The fraction of sp³-hybridized carbons (Fsp3) is 0.586. The fourth-order valence-electron chi connectivity index (χ4n) is 4.57. The van der Waals surface area contributed by atoms with Crippen LogP contribution in [0.5, 0.6) is 11.5 Å². The van der Waals surface area contributed by atoms with Gasteiger partial charge in [0, 0.05) is 12.8 Å². The van der Waals surface area contributed by atoms with Crippen molar-refractivity contribution in [2.24, 2.45) is 0 Å². The third-order valence-corrected chi connectivity index (χ3v) is 6.71. The van der Waals surface area contributed by atoms with E-state index in [1.807, 2.05) is 0 Å². The van der Waals surface area contributed by atoms with E-state index in [2.05, 4.69) is 52.0 Å². The van der Waals surface area contributed by atoms with Crippen LogP contribution in [0.15, 0.2) is 24.3 Å². The minimum absolute atomic E-state index is 0.411. The summed E-state index contributed by atoms with van der Waals surface area (Å²) in [4.78, 5) is 0. The maximum atomic E-state index is 6.25. The van der Waals surface area contributed by atoms with E-state index in [-0.39, 0.29) is 0 Å². The van der Waals surface area contributed by atoms with Crippen molar-refractivity contribution in [3.05, 3.63) is 57.6 Å². The molecule has 0 bridgehead atoms. The highest BCUT2D eigenvalue weighted by atomic mass is 16.6. The molecule has 2 heterocycles. The Bertz CT molecular complexity index is 802. The van der Waals surface area contributed by atoms with Crippen molar-refractivity contribution in [2.75, 3.05) is 26.4 Å². The van der Waals surface area contributed by atoms with Crippen LogP contribution in [-0.4, -0.2) is 38.6 Å². The lowest BCUT2D eigenvalue weighted by Crippen LogP contribution is -2.07. The van der Waals surface area contributed by atoms with Gasteiger partial charge in [-0.05, 0) is 65.5 Å². The van der Waals surface area contributed by atoms with Gasteiger partial charge in [-0.1, -0.05) is 52.0 Å². The van der Waals surface area contributed by atoms with Crippen molar-refractivity contribution >= 4 is 0 Å². The molecule has 2 unspecified atom stereocenters. The van der Waals surface area contributed by atoms with Crippen LogP contribution in [0, 0.1) is 0 Å². The summed E-state index contributed by atoms with van der Waals surface area (Å²) in [5, 5.41) is 0. The summed E-state index contributed by atoms with van der Waals surface area (Å²) in [6.07, 6.45) is 7.64. The summed E-state index contributed by atoms with van der Waals surface area (Å²) < 4.78 is 23.2. The molecule has 2 fully saturated rings. The van der Waals surface area contributed by atoms with Crippen molar-refractivity contribution < 1.29 is 18.9 Å². The van der Waals surface area contributed by atoms with E-state index in [4.69, 9.17) is 18.9 Å². The second-order valence-corrected chi connectivity index (χ2v) is 9.26. The lowest BCUT2D eigenvalue weighted by molar-refractivity contribution is 0.278. The first-order valence-corrected chi connectivity index (χ1v) is 12.9. The highest BCUT2D eigenvalue weighted by Gasteiger charge is 2.23. The second-order valence-electron chi connectivity index (χ2n) is 9.26. The van der Waals surface area contributed by atoms with Crippen molar-refractivity contribution in [1.29, 1.82) is 0 Å². The average Bonchev–Trinajstić information content (AvgIpc) is 3.75. The normalized spacial score (nSPS) is 18.9. The van der Waals surface area contributed by atoms with E-state index < -0.39 is 0 Å². The molecule has 2 saturated heterocycles. The van der Waals surface area contributed by atoms with E-state index in [1.54, 1.807) is 0 Å².